The van der Waals surface area contributed by atoms with Crippen LogP contribution in [0.4, 0.5) is 16.2 Å². The van der Waals surface area contributed by atoms with Gasteiger partial charge in [-0.25, -0.2) is 4.79 Å². The van der Waals surface area contributed by atoms with E-state index < -0.39 is 0 Å². The molecule has 3 amide bonds. The number of carbonyl (C=O) groups is 2. The molecule has 0 atom stereocenters. The molecule has 6 nitrogen and oxygen atoms in total. The molecule has 4 N–H and O–H groups in total. The predicted octanol–water partition coefficient (Wildman–Crippen LogP) is 2.19. The average Bonchev–Trinajstić information content (AvgIpc) is 3.23. The quantitative estimate of drug-likeness (QED) is 0.620. The number of carbonyl (C=O) groups excluding carboxylic acids is 2. The van der Waals surface area contributed by atoms with Crippen LogP contribution < -0.4 is 21.3 Å². The molecule has 0 aliphatic heterocycles. The van der Waals surface area contributed by atoms with Gasteiger partial charge in [0.1, 0.15) is 0 Å². The Labute approximate surface area is 136 Å². The van der Waals surface area contributed by atoms with Crippen molar-refractivity contribution >= 4 is 35.7 Å². The van der Waals surface area contributed by atoms with Crippen LogP contribution in [0.2, 0.25) is 0 Å². The third-order valence-corrected chi connectivity index (χ3v) is 3.16. The highest BCUT2D eigenvalue weighted by molar-refractivity contribution is 5.94. The topological polar surface area (TPSA) is 82.3 Å². The number of hydrogen-bond acceptors (Lipinski definition) is 3. The van der Waals surface area contributed by atoms with Crippen LogP contribution in [-0.2, 0) is 4.79 Å². The van der Waals surface area contributed by atoms with Crippen LogP contribution in [0.3, 0.4) is 0 Å². The van der Waals surface area contributed by atoms with Gasteiger partial charge in [0.15, 0.2) is 0 Å². The maximum atomic E-state index is 11.8. The Bertz CT molecular complexity index is 506. The van der Waals surface area contributed by atoms with Gasteiger partial charge in [-0.15, -0.1) is 12.4 Å². The maximum absolute atomic E-state index is 11.8. The predicted molar refractivity (Wildman–Crippen MR) is 90.6 cm³/mol. The Morgan fingerprint density at radius 1 is 1.18 bits per heavy atom. The molecule has 1 aromatic carbocycles. The summed E-state index contributed by atoms with van der Waals surface area (Å²) in [4.78, 5) is 23.2. The van der Waals surface area contributed by atoms with Gasteiger partial charge in [-0.2, -0.15) is 0 Å². The Balaban J connectivity index is 0.00000242. The second-order valence-corrected chi connectivity index (χ2v) is 5.19. The Kier molecular flexibility index (Phi) is 7.70. The van der Waals surface area contributed by atoms with Gasteiger partial charge in [-0.1, -0.05) is 6.07 Å². The van der Waals surface area contributed by atoms with E-state index in [4.69, 9.17) is 0 Å². The van der Waals surface area contributed by atoms with E-state index in [2.05, 4.69) is 21.3 Å². The summed E-state index contributed by atoms with van der Waals surface area (Å²) in [6, 6.07) is 6.83. The van der Waals surface area contributed by atoms with Gasteiger partial charge in [-0.3, -0.25) is 4.79 Å². The highest BCUT2D eigenvalue weighted by Crippen LogP contribution is 2.27. The highest BCUT2D eigenvalue weighted by Gasteiger charge is 2.20. The molecule has 1 aliphatic rings. The molecular formula is C15H23ClN4O2. The summed E-state index contributed by atoms with van der Waals surface area (Å²) in [5, 5.41) is 11.3. The summed E-state index contributed by atoms with van der Waals surface area (Å²) < 4.78 is 0. The molecule has 0 saturated heterocycles. The van der Waals surface area contributed by atoms with Crippen LogP contribution >= 0.6 is 12.4 Å². The minimum Gasteiger partial charge on any atom is -0.338 e. The average molecular weight is 327 g/mol. The van der Waals surface area contributed by atoms with Crippen LogP contribution in [-0.4, -0.2) is 31.6 Å². The lowest BCUT2D eigenvalue weighted by molar-refractivity contribution is -0.115. The zero-order valence-corrected chi connectivity index (χ0v) is 13.5. The number of anilines is 2. The molecule has 7 heteroatoms. The van der Waals surface area contributed by atoms with Gasteiger partial charge >= 0.3 is 6.03 Å². The van der Waals surface area contributed by atoms with E-state index in [0.29, 0.717) is 24.5 Å². The van der Waals surface area contributed by atoms with Crippen molar-refractivity contribution in [3.63, 3.8) is 0 Å². The molecule has 2 rings (SSSR count). The number of halogens is 1. The van der Waals surface area contributed by atoms with Crippen molar-refractivity contribution in [3.05, 3.63) is 24.3 Å². The monoisotopic (exact) mass is 326 g/mol. The number of hydrogen-bond donors (Lipinski definition) is 4. The first-order valence-electron chi connectivity index (χ1n) is 7.33. The van der Waals surface area contributed by atoms with Crippen LogP contribution in [0.5, 0.6) is 0 Å². The molecule has 1 aliphatic carbocycles. The Hall–Kier alpha value is -1.79. The fourth-order valence-electron chi connectivity index (χ4n) is 1.93. The molecule has 0 unspecified atom stereocenters. The Morgan fingerprint density at radius 3 is 2.50 bits per heavy atom. The summed E-state index contributed by atoms with van der Waals surface area (Å²) in [6.45, 7) is 3.64. The number of urea groups is 1. The smallest absolute Gasteiger partial charge is 0.319 e. The van der Waals surface area contributed by atoms with Crippen molar-refractivity contribution < 1.29 is 9.59 Å². The molecule has 122 valence electrons. The third-order valence-electron chi connectivity index (χ3n) is 3.16. The second kappa shape index (κ2) is 9.27. The van der Waals surface area contributed by atoms with Gasteiger partial charge in [-0.05, 0) is 50.4 Å². The largest absolute Gasteiger partial charge is 0.338 e. The molecule has 0 aromatic heterocycles. The summed E-state index contributed by atoms with van der Waals surface area (Å²) in [6.07, 6.45) is 2.53. The molecular weight excluding hydrogens is 304 g/mol. The van der Waals surface area contributed by atoms with E-state index in [9.17, 15) is 9.59 Å². The number of amides is 3. The van der Waals surface area contributed by atoms with Crippen LogP contribution in [0.15, 0.2) is 24.3 Å². The van der Waals surface area contributed by atoms with Gasteiger partial charge < -0.3 is 21.3 Å². The van der Waals surface area contributed by atoms with Crippen LogP contribution in [0, 0.1) is 5.92 Å². The van der Waals surface area contributed by atoms with Crippen molar-refractivity contribution in [2.24, 2.45) is 5.92 Å². The lowest BCUT2D eigenvalue weighted by Crippen LogP contribution is -2.29. The zero-order valence-electron chi connectivity index (χ0n) is 12.6. The molecule has 1 aromatic rings. The van der Waals surface area contributed by atoms with Gasteiger partial charge in [0.05, 0.1) is 6.54 Å². The summed E-state index contributed by atoms with van der Waals surface area (Å²) in [5.41, 5.74) is 1.31. The lowest BCUT2D eigenvalue weighted by atomic mass is 10.2. The van der Waals surface area contributed by atoms with E-state index in [-0.39, 0.29) is 24.3 Å². The number of benzene rings is 1. The standard InChI is InChI=1S/C15H22N4O2.ClH/c1-2-17-15(21)19-13-5-3-4-12(8-13)18-14(20)10-16-9-11-6-7-11;/h3-5,8,11,16H,2,6-7,9-10H2,1H3,(H,18,20)(H2,17,19,21);1H. The van der Waals surface area contributed by atoms with Crippen molar-refractivity contribution in [1.29, 1.82) is 0 Å². The van der Waals surface area contributed by atoms with Crippen LogP contribution in [0.1, 0.15) is 19.8 Å². The van der Waals surface area contributed by atoms with Crippen molar-refractivity contribution in [3.8, 4) is 0 Å². The third kappa shape index (κ3) is 6.78. The summed E-state index contributed by atoms with van der Waals surface area (Å²) in [7, 11) is 0. The fourth-order valence-corrected chi connectivity index (χ4v) is 1.93. The molecule has 0 radical (unpaired) electrons. The van der Waals surface area contributed by atoms with Crippen LogP contribution in [0.25, 0.3) is 0 Å². The molecule has 0 heterocycles. The Morgan fingerprint density at radius 2 is 1.86 bits per heavy atom. The second-order valence-electron chi connectivity index (χ2n) is 5.19. The summed E-state index contributed by atoms with van der Waals surface area (Å²) >= 11 is 0. The van der Waals surface area contributed by atoms with Crippen molar-refractivity contribution in [2.75, 3.05) is 30.3 Å². The maximum Gasteiger partial charge on any atom is 0.319 e. The minimum absolute atomic E-state index is 0. The van der Waals surface area contributed by atoms with Crippen molar-refractivity contribution in [1.82, 2.24) is 10.6 Å². The molecule has 1 fully saturated rings. The minimum atomic E-state index is -0.257. The first kappa shape index (κ1) is 18.3. The van der Waals surface area contributed by atoms with Gasteiger partial charge in [0.25, 0.3) is 0 Å². The molecule has 22 heavy (non-hydrogen) atoms. The number of nitrogens with one attached hydrogen (secondary N) is 4. The zero-order chi connectivity index (χ0) is 15.1. The van der Waals surface area contributed by atoms with E-state index in [1.54, 1.807) is 24.3 Å². The lowest BCUT2D eigenvalue weighted by Gasteiger charge is -2.09. The molecule has 0 bridgehead atoms. The summed E-state index contributed by atoms with van der Waals surface area (Å²) in [5.74, 6) is 0.674. The van der Waals surface area contributed by atoms with E-state index in [0.717, 1.165) is 12.5 Å². The first-order valence-corrected chi connectivity index (χ1v) is 7.33. The normalized spacial score (nSPS) is 13.0. The highest BCUT2D eigenvalue weighted by atomic mass is 35.5. The molecule has 1 saturated carbocycles. The number of rotatable bonds is 7. The first-order chi connectivity index (χ1) is 10.2. The SMILES string of the molecule is CCNC(=O)Nc1cccc(NC(=O)CNCC2CC2)c1.Cl. The van der Waals surface area contributed by atoms with E-state index in [1.807, 2.05) is 6.92 Å². The molecule has 0 spiro atoms. The van der Waals surface area contributed by atoms with Crippen molar-refractivity contribution in [2.45, 2.75) is 19.8 Å². The fraction of sp³-hybridized carbons (Fsp3) is 0.467. The van der Waals surface area contributed by atoms with E-state index >= 15 is 0 Å². The van der Waals surface area contributed by atoms with Gasteiger partial charge in [0.2, 0.25) is 5.91 Å². The van der Waals surface area contributed by atoms with E-state index in [1.165, 1.54) is 12.8 Å². The van der Waals surface area contributed by atoms with Gasteiger partial charge in [0, 0.05) is 17.9 Å².